The van der Waals surface area contributed by atoms with Crippen LogP contribution in [0.1, 0.15) is 0 Å². The minimum absolute atomic E-state index is 0. The van der Waals surface area contributed by atoms with E-state index in [0.29, 0.717) is 0 Å². The fraction of sp³-hybridized carbons (Fsp3) is 0. The van der Waals surface area contributed by atoms with Crippen LogP contribution < -0.4 is 0 Å². The second kappa shape index (κ2) is 15.7. The molecule has 0 saturated carbocycles. The van der Waals surface area contributed by atoms with Gasteiger partial charge < -0.3 is 0 Å². The van der Waals surface area contributed by atoms with Crippen molar-refractivity contribution in [3.05, 3.63) is 0 Å². The Kier molecular flexibility index (Phi) is 95.5. The van der Waals surface area contributed by atoms with Crippen LogP contribution in [0.4, 0.5) is 0 Å². The third-order valence-electron chi connectivity index (χ3n) is 0. The summed E-state index contributed by atoms with van der Waals surface area (Å²) in [5.41, 5.74) is 0. The quantitative estimate of drug-likeness (QED) is 0.471. The Balaban J connectivity index is 0. The van der Waals surface area contributed by atoms with Gasteiger partial charge >= 0.3 is 23.1 Å². The van der Waals surface area contributed by atoms with Crippen molar-refractivity contribution in [2.45, 2.75) is 0 Å². The van der Waals surface area contributed by atoms with Crippen LogP contribution in [0.2, 0.25) is 0 Å². The molecule has 4 heavy (non-hydrogen) atoms. The molecule has 0 aromatic carbocycles. The molecule has 0 spiro atoms. The van der Waals surface area contributed by atoms with Crippen LogP contribution in [0.25, 0.3) is 0 Å². The van der Waals surface area contributed by atoms with Gasteiger partial charge in [-0.1, -0.05) is 0 Å². The molecule has 0 rings (SSSR count). The van der Waals surface area contributed by atoms with Crippen molar-refractivity contribution in [3.8, 4) is 0 Å². The van der Waals surface area contributed by atoms with Crippen LogP contribution in [0.15, 0.2) is 0 Å². The van der Waals surface area contributed by atoms with Gasteiger partial charge in [-0.3, -0.25) is 0 Å². The summed E-state index contributed by atoms with van der Waals surface area (Å²) in [5.74, 6) is 0. The first-order valence-electron chi connectivity index (χ1n) is 0. The molecular formula is H2CeGdMgZn. The van der Waals surface area contributed by atoms with E-state index in [0.717, 1.165) is 0 Å². The van der Waals surface area contributed by atoms with Crippen LogP contribution >= 0.6 is 0 Å². The summed E-state index contributed by atoms with van der Waals surface area (Å²) in [4.78, 5) is 0. The van der Waals surface area contributed by atoms with Crippen LogP contribution in [0, 0.1) is 81.7 Å². The molecule has 0 N–H and O–H groups in total. The van der Waals surface area contributed by atoms with Crippen molar-refractivity contribution in [1.82, 2.24) is 0 Å². The van der Waals surface area contributed by atoms with Gasteiger partial charge in [-0.25, -0.2) is 0 Å². The van der Waals surface area contributed by atoms with E-state index in [4.69, 9.17) is 0 Å². The van der Waals surface area contributed by atoms with Gasteiger partial charge in [-0.05, 0) is 0 Å². The minimum atomic E-state index is 0. The molecule has 0 atom stereocenters. The minimum Gasteiger partial charge on any atom is 0 e. The first-order chi connectivity index (χ1) is 0. The monoisotopic (exact) mass is 388 g/mol. The van der Waals surface area contributed by atoms with Crippen molar-refractivity contribution >= 4 is 23.1 Å². The van der Waals surface area contributed by atoms with Gasteiger partial charge in [0, 0.05) is 101 Å². The third kappa shape index (κ3) is 9.43. The Morgan fingerprint density at radius 2 is 1.00 bits per heavy atom. The molecule has 0 aliphatic rings. The van der Waals surface area contributed by atoms with E-state index < -0.39 is 0 Å². The molecule has 0 aliphatic heterocycles. The average Bonchev–Trinajstić information content (AvgIpc) is 0. The molecule has 0 aromatic rings. The number of hydrogen-bond donors (Lipinski definition) is 0. The van der Waals surface area contributed by atoms with Gasteiger partial charge in [-0.2, -0.15) is 0 Å². The van der Waals surface area contributed by atoms with E-state index in [9.17, 15) is 0 Å². The fourth-order valence-corrected chi connectivity index (χ4v) is 0. The maximum Gasteiger partial charge on any atom is 0.316 e. The molecule has 0 bridgehead atoms. The summed E-state index contributed by atoms with van der Waals surface area (Å²) in [7, 11) is 0. The number of hydrogen-bond acceptors (Lipinski definition) is 0. The Morgan fingerprint density at radius 1 is 1.00 bits per heavy atom. The zero-order chi connectivity index (χ0) is 0. The molecule has 18 valence electrons. The van der Waals surface area contributed by atoms with E-state index >= 15 is 0 Å². The van der Waals surface area contributed by atoms with E-state index in [-0.39, 0.29) is 124 Å². The van der Waals surface area contributed by atoms with Gasteiger partial charge in [-0.15, -0.1) is 0 Å². The third-order valence-corrected chi connectivity index (χ3v) is 0. The molecule has 0 aromatic heterocycles. The van der Waals surface area contributed by atoms with Gasteiger partial charge in [0.2, 0.25) is 0 Å². The maximum atomic E-state index is 0. The van der Waals surface area contributed by atoms with E-state index in [1.54, 1.807) is 0 Å². The second-order valence-corrected chi connectivity index (χ2v) is 0. The van der Waals surface area contributed by atoms with Crippen LogP contribution in [-0.2, 0) is 19.5 Å². The number of rotatable bonds is 0. The standard InChI is InChI=1S/Ce.Gd.Mg.Zn.2H. The fourth-order valence-electron chi connectivity index (χ4n) is 0. The first kappa shape index (κ1) is 24.3. The van der Waals surface area contributed by atoms with Crippen molar-refractivity contribution in [2.75, 3.05) is 0 Å². The topological polar surface area (TPSA) is 0 Å². The molecule has 0 amide bonds. The Bertz CT molecular complexity index is 8.00. The molecule has 0 fully saturated rings. The van der Waals surface area contributed by atoms with Crippen LogP contribution in [0.3, 0.4) is 0 Å². The second-order valence-electron chi connectivity index (χ2n) is 0. The summed E-state index contributed by atoms with van der Waals surface area (Å²) in [6, 6.07) is 0. The summed E-state index contributed by atoms with van der Waals surface area (Å²) in [5, 5.41) is 0. The predicted molar refractivity (Wildman–Crippen MR) is 8.54 cm³/mol. The van der Waals surface area contributed by atoms with Gasteiger partial charge in [0.1, 0.15) is 0 Å². The summed E-state index contributed by atoms with van der Waals surface area (Å²) < 4.78 is 0. The van der Waals surface area contributed by atoms with Crippen molar-refractivity contribution < 1.29 is 101 Å². The molecule has 0 unspecified atom stereocenters. The summed E-state index contributed by atoms with van der Waals surface area (Å²) in [6.45, 7) is 0. The van der Waals surface area contributed by atoms with Gasteiger partial charge in [0.25, 0.3) is 0 Å². The van der Waals surface area contributed by atoms with Crippen molar-refractivity contribution in [3.63, 3.8) is 0 Å². The van der Waals surface area contributed by atoms with E-state index in [1.807, 2.05) is 0 Å². The Morgan fingerprint density at radius 3 is 1.00 bits per heavy atom. The Hall–Kier alpha value is 4.09. The maximum absolute atomic E-state index is 0. The predicted octanol–water partition coefficient (Wildman–Crippen LogP) is -0.919. The molecule has 0 heterocycles. The first-order valence-corrected chi connectivity index (χ1v) is 0. The van der Waals surface area contributed by atoms with Crippen LogP contribution in [0.5, 0.6) is 0 Å². The van der Waals surface area contributed by atoms with Crippen molar-refractivity contribution in [1.29, 1.82) is 0 Å². The van der Waals surface area contributed by atoms with Crippen LogP contribution in [-0.4, -0.2) is 23.1 Å². The van der Waals surface area contributed by atoms with E-state index in [2.05, 4.69) is 0 Å². The molecule has 4 heteroatoms. The van der Waals surface area contributed by atoms with Crippen molar-refractivity contribution in [2.24, 2.45) is 0 Å². The van der Waals surface area contributed by atoms with E-state index in [1.165, 1.54) is 0 Å². The smallest absolute Gasteiger partial charge is 0 e. The van der Waals surface area contributed by atoms with Gasteiger partial charge in [0.05, 0.1) is 0 Å². The summed E-state index contributed by atoms with van der Waals surface area (Å²) >= 11 is 0. The normalized spacial score (nSPS) is 0. The van der Waals surface area contributed by atoms with Gasteiger partial charge in [0.15, 0.2) is 0 Å². The zero-order valence-electron chi connectivity index (χ0n) is 1.56. The molecule has 0 saturated heterocycles. The Labute approximate surface area is 121 Å². The molecule has 0 aliphatic carbocycles. The molecule has 0 radical (unpaired) electrons. The largest absolute Gasteiger partial charge is 0.316 e. The SMILES string of the molecule is [Ce].[Gd].[MgH2].[Zn]. The molecular weight excluding hydrogens is 387 g/mol. The molecule has 0 nitrogen and oxygen atoms in total. The average molecular weight is 389 g/mol. The zero-order valence-corrected chi connectivity index (χ0v) is 9.94. The summed E-state index contributed by atoms with van der Waals surface area (Å²) in [6.07, 6.45) is 0.